The van der Waals surface area contributed by atoms with Gasteiger partial charge >= 0.3 is 0 Å². The predicted octanol–water partition coefficient (Wildman–Crippen LogP) is 2.26. The minimum absolute atomic E-state index is 0.0177. The molecule has 1 aliphatic carbocycles. The first kappa shape index (κ1) is 23.5. The number of hydrogen-bond donors (Lipinski definition) is 3. The van der Waals surface area contributed by atoms with Crippen LogP contribution >= 0.6 is 0 Å². The van der Waals surface area contributed by atoms with Gasteiger partial charge in [-0.1, -0.05) is 30.7 Å². The van der Waals surface area contributed by atoms with E-state index in [0.717, 1.165) is 64.6 Å². The van der Waals surface area contributed by atoms with Gasteiger partial charge in [-0.05, 0) is 55.2 Å². The minimum Gasteiger partial charge on any atom is -0.385 e. The van der Waals surface area contributed by atoms with Crippen LogP contribution in [0.15, 0.2) is 29.3 Å². The maximum Gasteiger partial charge on any atom is 0.221 e. The summed E-state index contributed by atoms with van der Waals surface area (Å²) in [6.45, 7) is 5.12. The van der Waals surface area contributed by atoms with E-state index in [1.807, 2.05) is 7.05 Å². The molecule has 7 nitrogen and oxygen atoms in total. The molecule has 2 fully saturated rings. The number of aliphatic imine (C=N–C) groups is 1. The molecule has 1 heterocycles. The van der Waals surface area contributed by atoms with Crippen LogP contribution in [0.2, 0.25) is 0 Å². The fourth-order valence-electron chi connectivity index (χ4n) is 4.72. The van der Waals surface area contributed by atoms with Crippen LogP contribution in [0.25, 0.3) is 0 Å². The Morgan fingerprint density at radius 2 is 2.10 bits per heavy atom. The van der Waals surface area contributed by atoms with E-state index in [1.165, 1.54) is 30.4 Å². The lowest BCUT2D eigenvalue weighted by atomic mass is 9.67. The Bertz CT molecular complexity index is 747. The van der Waals surface area contributed by atoms with Crippen molar-refractivity contribution in [3.63, 3.8) is 0 Å². The summed E-state index contributed by atoms with van der Waals surface area (Å²) in [5.74, 6) is 0.651. The standard InChI is InChI=1S/C24H39N5O2/c1-26-23(28-18-24(9-5-10-24)11-13-31-2)27-15-19-6-3-7-20(14-19)16-29-12-4-8-21(17-29)22(25)30/h3,6-7,14,21H,4-5,8-13,15-18H2,1-2H3,(H2,25,30)(H2,26,27,28). The molecule has 172 valence electrons. The highest BCUT2D eigenvalue weighted by atomic mass is 16.5. The first-order chi connectivity index (χ1) is 15.0. The summed E-state index contributed by atoms with van der Waals surface area (Å²) in [6.07, 6.45) is 6.87. The average Bonchev–Trinajstić information content (AvgIpc) is 2.75. The molecule has 7 heteroatoms. The zero-order valence-corrected chi connectivity index (χ0v) is 19.2. The number of nitrogens with one attached hydrogen (secondary N) is 2. The Morgan fingerprint density at radius 3 is 2.77 bits per heavy atom. The number of nitrogens with zero attached hydrogens (tertiary/aromatic N) is 2. The third kappa shape index (κ3) is 6.94. The highest BCUT2D eigenvalue weighted by Crippen LogP contribution is 2.43. The number of guanidine groups is 1. The fraction of sp³-hybridized carbons (Fsp3) is 0.667. The number of likely N-dealkylation sites (tertiary alicyclic amines) is 1. The molecule has 1 aromatic carbocycles. The zero-order chi connectivity index (χ0) is 22.1. The number of methoxy groups -OCH3 is 1. The van der Waals surface area contributed by atoms with Crippen molar-refractivity contribution in [1.82, 2.24) is 15.5 Å². The number of rotatable bonds is 10. The van der Waals surface area contributed by atoms with E-state index in [4.69, 9.17) is 10.5 Å². The van der Waals surface area contributed by atoms with Gasteiger partial charge in [-0.25, -0.2) is 0 Å². The lowest BCUT2D eigenvalue weighted by Crippen LogP contribution is -2.46. The molecule has 0 radical (unpaired) electrons. The second-order valence-corrected chi connectivity index (χ2v) is 9.17. The second-order valence-electron chi connectivity index (χ2n) is 9.17. The summed E-state index contributed by atoms with van der Waals surface area (Å²) in [7, 11) is 3.59. The summed E-state index contributed by atoms with van der Waals surface area (Å²) in [5.41, 5.74) is 8.36. The summed E-state index contributed by atoms with van der Waals surface area (Å²) in [5, 5.41) is 6.97. The molecule has 1 saturated carbocycles. The van der Waals surface area contributed by atoms with Gasteiger partial charge in [0.2, 0.25) is 5.91 Å². The summed E-state index contributed by atoms with van der Waals surface area (Å²) >= 11 is 0. The summed E-state index contributed by atoms with van der Waals surface area (Å²) < 4.78 is 5.29. The van der Waals surface area contributed by atoms with Crippen molar-refractivity contribution in [2.24, 2.45) is 22.1 Å². The Balaban J connectivity index is 1.48. The lowest BCUT2D eigenvalue weighted by Gasteiger charge is -2.42. The number of carbonyl (C=O) groups excluding carboxylic acids is 1. The molecule has 1 amide bonds. The van der Waals surface area contributed by atoms with Crippen molar-refractivity contribution >= 4 is 11.9 Å². The average molecular weight is 430 g/mol. The van der Waals surface area contributed by atoms with Gasteiger partial charge in [0.25, 0.3) is 0 Å². The van der Waals surface area contributed by atoms with Gasteiger partial charge in [-0.2, -0.15) is 0 Å². The van der Waals surface area contributed by atoms with Gasteiger partial charge in [0, 0.05) is 46.9 Å². The Labute approximate surface area is 186 Å². The van der Waals surface area contributed by atoms with Gasteiger partial charge in [-0.3, -0.25) is 14.7 Å². The Hall–Kier alpha value is -2.12. The summed E-state index contributed by atoms with van der Waals surface area (Å²) in [6, 6.07) is 8.63. The molecular formula is C24H39N5O2. The number of amides is 1. The number of carbonyl (C=O) groups is 1. The van der Waals surface area contributed by atoms with Crippen LogP contribution in [0, 0.1) is 11.3 Å². The Kier molecular flexibility index (Phi) is 8.72. The van der Waals surface area contributed by atoms with Crippen molar-refractivity contribution in [3.8, 4) is 0 Å². The predicted molar refractivity (Wildman–Crippen MR) is 125 cm³/mol. The van der Waals surface area contributed by atoms with E-state index >= 15 is 0 Å². The van der Waals surface area contributed by atoms with Crippen LogP contribution in [-0.4, -0.2) is 57.2 Å². The third-order valence-corrected chi connectivity index (χ3v) is 6.87. The molecule has 0 aromatic heterocycles. The second kappa shape index (κ2) is 11.5. The number of piperidine rings is 1. The van der Waals surface area contributed by atoms with E-state index in [9.17, 15) is 4.79 Å². The number of nitrogens with two attached hydrogens (primary N) is 1. The van der Waals surface area contributed by atoms with Crippen LogP contribution < -0.4 is 16.4 Å². The van der Waals surface area contributed by atoms with Crippen molar-refractivity contribution in [2.75, 3.05) is 40.4 Å². The molecule has 1 aliphatic heterocycles. The highest BCUT2D eigenvalue weighted by molar-refractivity contribution is 5.79. The van der Waals surface area contributed by atoms with Crippen LogP contribution in [0.5, 0.6) is 0 Å². The first-order valence-corrected chi connectivity index (χ1v) is 11.6. The van der Waals surface area contributed by atoms with E-state index in [1.54, 1.807) is 7.11 Å². The van der Waals surface area contributed by atoms with Gasteiger partial charge in [0.15, 0.2) is 5.96 Å². The smallest absolute Gasteiger partial charge is 0.221 e. The molecule has 1 saturated heterocycles. The van der Waals surface area contributed by atoms with Crippen LogP contribution in [0.4, 0.5) is 0 Å². The van der Waals surface area contributed by atoms with Crippen molar-refractivity contribution in [3.05, 3.63) is 35.4 Å². The molecule has 0 bridgehead atoms. The monoisotopic (exact) mass is 429 g/mol. The lowest BCUT2D eigenvalue weighted by molar-refractivity contribution is -0.123. The SMILES string of the molecule is CN=C(NCc1cccc(CN2CCCC(C(N)=O)C2)c1)NCC1(CCOC)CCC1. The molecule has 1 atom stereocenters. The molecule has 0 spiro atoms. The number of hydrogen-bond acceptors (Lipinski definition) is 4. The normalized spacial score (nSPS) is 21.4. The number of primary amides is 1. The molecule has 4 N–H and O–H groups in total. The van der Waals surface area contributed by atoms with Crippen molar-refractivity contribution < 1.29 is 9.53 Å². The molecule has 1 unspecified atom stereocenters. The highest BCUT2D eigenvalue weighted by Gasteiger charge is 2.36. The summed E-state index contributed by atoms with van der Waals surface area (Å²) in [4.78, 5) is 18.3. The number of benzene rings is 1. The van der Waals surface area contributed by atoms with E-state index < -0.39 is 0 Å². The first-order valence-electron chi connectivity index (χ1n) is 11.6. The fourth-order valence-corrected chi connectivity index (χ4v) is 4.72. The van der Waals surface area contributed by atoms with Crippen molar-refractivity contribution in [2.45, 2.75) is 51.6 Å². The van der Waals surface area contributed by atoms with Gasteiger partial charge in [0.05, 0.1) is 5.92 Å². The van der Waals surface area contributed by atoms with Gasteiger partial charge < -0.3 is 21.1 Å². The maximum atomic E-state index is 11.5. The van der Waals surface area contributed by atoms with Crippen LogP contribution in [0.3, 0.4) is 0 Å². The largest absolute Gasteiger partial charge is 0.385 e. The van der Waals surface area contributed by atoms with Crippen molar-refractivity contribution in [1.29, 1.82) is 0 Å². The molecule has 3 rings (SSSR count). The van der Waals surface area contributed by atoms with E-state index in [2.05, 4.69) is 44.8 Å². The van der Waals surface area contributed by atoms with Crippen LogP contribution in [-0.2, 0) is 22.6 Å². The maximum absolute atomic E-state index is 11.5. The molecule has 2 aliphatic rings. The quantitative estimate of drug-likeness (QED) is 0.392. The van der Waals surface area contributed by atoms with Crippen LogP contribution in [0.1, 0.15) is 49.7 Å². The zero-order valence-electron chi connectivity index (χ0n) is 19.2. The molecule has 31 heavy (non-hydrogen) atoms. The molecule has 1 aromatic rings. The number of ether oxygens (including phenoxy) is 1. The minimum atomic E-state index is -0.174. The van der Waals surface area contributed by atoms with Gasteiger partial charge in [0.1, 0.15) is 0 Å². The van der Waals surface area contributed by atoms with Gasteiger partial charge in [-0.15, -0.1) is 0 Å². The van der Waals surface area contributed by atoms with E-state index in [0.29, 0.717) is 5.41 Å². The Morgan fingerprint density at radius 1 is 1.29 bits per heavy atom. The molecular weight excluding hydrogens is 390 g/mol. The third-order valence-electron chi connectivity index (χ3n) is 6.87. The van der Waals surface area contributed by atoms with E-state index in [-0.39, 0.29) is 11.8 Å². The topological polar surface area (TPSA) is 92.0 Å².